The Hall–Kier alpha value is -3.20. The number of ketones is 1. The molecule has 0 saturated heterocycles. The standard InChI is InChI=1S/C24H22N2O/c1-15-10-11-21(17(3)12-15)26-23(24(27)19-8-6-5-7-9-19)20-14-16(2)13-18(4)22(20)25-26/h5-14H,1-4H3. The minimum absolute atomic E-state index is 0.0110. The van der Waals surface area contributed by atoms with E-state index in [0.717, 1.165) is 33.3 Å². The van der Waals surface area contributed by atoms with Gasteiger partial charge in [0, 0.05) is 10.9 Å². The lowest BCUT2D eigenvalue weighted by Crippen LogP contribution is -2.11. The van der Waals surface area contributed by atoms with Crippen molar-refractivity contribution >= 4 is 16.7 Å². The van der Waals surface area contributed by atoms with Crippen molar-refractivity contribution in [3.63, 3.8) is 0 Å². The summed E-state index contributed by atoms with van der Waals surface area (Å²) in [6.45, 7) is 8.23. The first-order valence-electron chi connectivity index (χ1n) is 9.13. The van der Waals surface area contributed by atoms with Gasteiger partial charge in [-0.3, -0.25) is 4.79 Å². The van der Waals surface area contributed by atoms with Gasteiger partial charge in [-0.1, -0.05) is 59.7 Å². The highest BCUT2D eigenvalue weighted by atomic mass is 16.1. The molecule has 0 bridgehead atoms. The Balaban J connectivity index is 2.06. The molecule has 27 heavy (non-hydrogen) atoms. The Bertz CT molecular complexity index is 1170. The minimum atomic E-state index is -0.0110. The van der Waals surface area contributed by atoms with Gasteiger partial charge >= 0.3 is 0 Å². The molecule has 3 nitrogen and oxygen atoms in total. The van der Waals surface area contributed by atoms with Crippen molar-refractivity contribution in [3.8, 4) is 5.69 Å². The molecule has 0 aliphatic rings. The molecule has 0 spiro atoms. The van der Waals surface area contributed by atoms with Gasteiger partial charge in [0.2, 0.25) is 5.78 Å². The van der Waals surface area contributed by atoms with Crippen LogP contribution in [0.3, 0.4) is 0 Å². The fourth-order valence-electron chi connectivity index (χ4n) is 3.70. The number of rotatable bonds is 3. The SMILES string of the molecule is Cc1ccc(-n2nc3c(C)cc(C)cc3c2C(=O)c2ccccc2)c(C)c1. The smallest absolute Gasteiger partial charge is 0.212 e. The van der Waals surface area contributed by atoms with Crippen LogP contribution >= 0.6 is 0 Å². The van der Waals surface area contributed by atoms with E-state index in [0.29, 0.717) is 11.3 Å². The normalized spacial score (nSPS) is 11.1. The van der Waals surface area contributed by atoms with Crippen LogP contribution in [0.1, 0.15) is 38.3 Å². The summed E-state index contributed by atoms with van der Waals surface area (Å²) in [6.07, 6.45) is 0. The second-order valence-electron chi connectivity index (χ2n) is 7.22. The zero-order valence-corrected chi connectivity index (χ0v) is 16.1. The van der Waals surface area contributed by atoms with Crippen LogP contribution < -0.4 is 0 Å². The summed E-state index contributed by atoms with van der Waals surface area (Å²) in [6, 6.07) is 19.8. The predicted octanol–water partition coefficient (Wildman–Crippen LogP) is 5.49. The lowest BCUT2D eigenvalue weighted by molar-refractivity contribution is 0.103. The molecular weight excluding hydrogens is 332 g/mol. The molecule has 0 fully saturated rings. The van der Waals surface area contributed by atoms with Crippen molar-refractivity contribution in [1.29, 1.82) is 0 Å². The maximum atomic E-state index is 13.5. The van der Waals surface area contributed by atoms with Crippen LogP contribution in [0.25, 0.3) is 16.6 Å². The number of fused-ring (bicyclic) bond motifs is 1. The highest BCUT2D eigenvalue weighted by molar-refractivity contribution is 6.15. The highest BCUT2D eigenvalue weighted by Crippen LogP contribution is 2.29. The zero-order valence-electron chi connectivity index (χ0n) is 16.1. The summed E-state index contributed by atoms with van der Waals surface area (Å²) >= 11 is 0. The lowest BCUT2D eigenvalue weighted by atomic mass is 10.0. The van der Waals surface area contributed by atoms with Crippen LogP contribution in [-0.4, -0.2) is 15.6 Å². The number of carbonyl (C=O) groups is 1. The van der Waals surface area contributed by atoms with Crippen LogP contribution in [0.2, 0.25) is 0 Å². The maximum Gasteiger partial charge on any atom is 0.212 e. The van der Waals surface area contributed by atoms with Crippen molar-refractivity contribution in [1.82, 2.24) is 9.78 Å². The van der Waals surface area contributed by atoms with Crippen molar-refractivity contribution in [2.24, 2.45) is 0 Å². The monoisotopic (exact) mass is 354 g/mol. The molecule has 0 radical (unpaired) electrons. The second kappa shape index (κ2) is 6.51. The van der Waals surface area contributed by atoms with Gasteiger partial charge in [0.25, 0.3) is 0 Å². The Morgan fingerprint density at radius 1 is 0.815 bits per heavy atom. The molecular formula is C24H22N2O. The second-order valence-corrected chi connectivity index (χ2v) is 7.22. The van der Waals surface area contributed by atoms with E-state index in [-0.39, 0.29) is 5.78 Å². The van der Waals surface area contributed by atoms with Gasteiger partial charge in [0.15, 0.2) is 0 Å². The first kappa shape index (κ1) is 17.2. The molecule has 3 aromatic carbocycles. The number of nitrogens with zero attached hydrogens (tertiary/aromatic N) is 2. The summed E-state index contributed by atoms with van der Waals surface area (Å²) in [7, 11) is 0. The molecule has 134 valence electrons. The highest BCUT2D eigenvalue weighted by Gasteiger charge is 2.22. The van der Waals surface area contributed by atoms with E-state index >= 15 is 0 Å². The van der Waals surface area contributed by atoms with Crippen molar-refractivity contribution in [2.45, 2.75) is 27.7 Å². The number of hydrogen-bond acceptors (Lipinski definition) is 2. The Morgan fingerprint density at radius 2 is 1.52 bits per heavy atom. The Morgan fingerprint density at radius 3 is 2.22 bits per heavy atom. The van der Waals surface area contributed by atoms with Crippen molar-refractivity contribution in [3.05, 3.63) is 94.2 Å². The molecule has 0 unspecified atom stereocenters. The molecule has 0 N–H and O–H groups in total. The van der Waals surface area contributed by atoms with E-state index in [4.69, 9.17) is 5.10 Å². The van der Waals surface area contributed by atoms with Crippen LogP contribution in [0.5, 0.6) is 0 Å². The molecule has 0 aliphatic heterocycles. The van der Waals surface area contributed by atoms with Gasteiger partial charge in [0.05, 0.1) is 11.2 Å². The lowest BCUT2D eigenvalue weighted by Gasteiger charge is -2.11. The zero-order chi connectivity index (χ0) is 19.1. The maximum absolute atomic E-state index is 13.5. The molecule has 0 atom stereocenters. The Labute approximate surface area is 159 Å². The van der Waals surface area contributed by atoms with Crippen molar-refractivity contribution in [2.75, 3.05) is 0 Å². The molecule has 0 aliphatic carbocycles. The third-order valence-electron chi connectivity index (χ3n) is 4.94. The van der Waals surface area contributed by atoms with Gasteiger partial charge in [-0.25, -0.2) is 4.68 Å². The van der Waals surface area contributed by atoms with E-state index < -0.39 is 0 Å². The number of aromatic nitrogens is 2. The quantitative estimate of drug-likeness (QED) is 0.456. The fraction of sp³-hybridized carbons (Fsp3) is 0.167. The van der Waals surface area contributed by atoms with Gasteiger partial charge < -0.3 is 0 Å². The summed E-state index contributed by atoms with van der Waals surface area (Å²) in [4.78, 5) is 13.5. The molecule has 1 aromatic heterocycles. The van der Waals surface area contributed by atoms with E-state index in [1.54, 1.807) is 0 Å². The van der Waals surface area contributed by atoms with E-state index in [1.807, 2.05) is 48.0 Å². The minimum Gasteiger partial charge on any atom is -0.287 e. The van der Waals surface area contributed by atoms with Crippen LogP contribution in [-0.2, 0) is 0 Å². The average Bonchev–Trinajstić information content (AvgIpc) is 3.01. The van der Waals surface area contributed by atoms with Gasteiger partial charge in [0.1, 0.15) is 5.69 Å². The topological polar surface area (TPSA) is 34.9 Å². The molecule has 4 rings (SSSR count). The van der Waals surface area contributed by atoms with Gasteiger partial charge in [-0.05, 0) is 51.0 Å². The van der Waals surface area contributed by atoms with E-state index in [9.17, 15) is 4.79 Å². The summed E-state index contributed by atoms with van der Waals surface area (Å²) in [5.41, 5.74) is 7.60. The number of carbonyl (C=O) groups excluding carboxylic acids is 1. The number of aryl methyl sites for hydroxylation is 4. The molecule has 1 heterocycles. The van der Waals surface area contributed by atoms with Gasteiger partial charge in [-0.2, -0.15) is 5.10 Å². The van der Waals surface area contributed by atoms with Crippen LogP contribution in [0.15, 0.2) is 60.7 Å². The van der Waals surface area contributed by atoms with E-state index in [1.165, 1.54) is 5.56 Å². The van der Waals surface area contributed by atoms with Gasteiger partial charge in [-0.15, -0.1) is 0 Å². The first-order chi connectivity index (χ1) is 13.0. The molecule has 0 amide bonds. The van der Waals surface area contributed by atoms with Crippen LogP contribution in [0, 0.1) is 27.7 Å². The summed E-state index contributed by atoms with van der Waals surface area (Å²) < 4.78 is 1.82. The third kappa shape index (κ3) is 2.95. The molecule has 3 heteroatoms. The van der Waals surface area contributed by atoms with Crippen LogP contribution in [0.4, 0.5) is 0 Å². The number of hydrogen-bond donors (Lipinski definition) is 0. The Kier molecular flexibility index (Phi) is 4.15. The summed E-state index contributed by atoms with van der Waals surface area (Å²) in [5.74, 6) is -0.0110. The van der Waals surface area contributed by atoms with Crippen molar-refractivity contribution < 1.29 is 4.79 Å². The summed E-state index contributed by atoms with van der Waals surface area (Å²) in [5, 5.41) is 5.76. The number of benzene rings is 3. The molecule has 0 saturated carbocycles. The average molecular weight is 354 g/mol. The largest absolute Gasteiger partial charge is 0.287 e. The molecule has 4 aromatic rings. The third-order valence-corrected chi connectivity index (χ3v) is 4.94. The predicted molar refractivity (Wildman–Crippen MR) is 110 cm³/mol. The van der Waals surface area contributed by atoms with E-state index in [2.05, 4.69) is 45.0 Å². The fourth-order valence-corrected chi connectivity index (χ4v) is 3.70. The first-order valence-corrected chi connectivity index (χ1v) is 9.13.